The van der Waals surface area contributed by atoms with E-state index in [1.807, 2.05) is 0 Å². The van der Waals surface area contributed by atoms with Gasteiger partial charge in [0.2, 0.25) is 10.0 Å². The number of hydrogen-bond donors (Lipinski definition) is 2. The van der Waals surface area contributed by atoms with Crippen molar-refractivity contribution >= 4 is 31.9 Å². The van der Waals surface area contributed by atoms with E-state index >= 15 is 0 Å². The monoisotopic (exact) mass is 338 g/mol. The van der Waals surface area contributed by atoms with E-state index in [-0.39, 0.29) is 21.0 Å². The van der Waals surface area contributed by atoms with E-state index in [1.165, 1.54) is 0 Å². The van der Waals surface area contributed by atoms with Crippen LogP contribution in [0.4, 0.5) is 4.39 Å². The number of hydrogen-bond acceptors (Lipinski definition) is 3. The molecule has 0 radical (unpaired) electrons. The minimum atomic E-state index is -4.03. The lowest BCUT2D eigenvalue weighted by atomic mass is 10.2. The van der Waals surface area contributed by atoms with Crippen LogP contribution in [-0.2, 0) is 10.0 Å². The SMILES string of the molecule is CC(C)NC(=O)c1cc(S(N)(=O)=O)c(Br)cc1F. The van der Waals surface area contributed by atoms with Crippen LogP contribution in [-0.4, -0.2) is 20.4 Å². The Morgan fingerprint density at radius 1 is 1.44 bits per heavy atom. The predicted molar refractivity (Wildman–Crippen MR) is 68.1 cm³/mol. The fraction of sp³-hybridized carbons (Fsp3) is 0.300. The topological polar surface area (TPSA) is 89.3 Å². The Hall–Kier alpha value is -0.990. The van der Waals surface area contributed by atoms with Crippen LogP contribution < -0.4 is 10.5 Å². The van der Waals surface area contributed by atoms with Crippen LogP contribution in [0.25, 0.3) is 0 Å². The first-order valence-corrected chi connectivity index (χ1v) is 7.29. The summed E-state index contributed by atoms with van der Waals surface area (Å²) in [5.41, 5.74) is -0.365. The normalized spacial score (nSPS) is 11.7. The van der Waals surface area contributed by atoms with Gasteiger partial charge in [-0.3, -0.25) is 4.79 Å². The molecule has 1 aromatic rings. The minimum absolute atomic E-state index is 0.0244. The highest BCUT2D eigenvalue weighted by molar-refractivity contribution is 9.10. The van der Waals surface area contributed by atoms with E-state index in [2.05, 4.69) is 21.2 Å². The maximum Gasteiger partial charge on any atom is 0.254 e. The fourth-order valence-corrected chi connectivity index (χ4v) is 2.87. The summed E-state index contributed by atoms with van der Waals surface area (Å²) in [6, 6.07) is 1.61. The molecule has 0 fully saturated rings. The smallest absolute Gasteiger partial charge is 0.254 e. The molecule has 0 aliphatic carbocycles. The van der Waals surface area contributed by atoms with E-state index in [9.17, 15) is 17.6 Å². The summed E-state index contributed by atoms with van der Waals surface area (Å²) in [5.74, 6) is -1.52. The Labute approximate surface area is 113 Å². The number of benzene rings is 1. The maximum atomic E-state index is 13.6. The van der Waals surface area contributed by atoms with Crippen molar-refractivity contribution in [3.63, 3.8) is 0 Å². The van der Waals surface area contributed by atoms with Gasteiger partial charge in [0, 0.05) is 10.5 Å². The number of carbonyl (C=O) groups excluding carboxylic acids is 1. The molecule has 1 amide bonds. The van der Waals surface area contributed by atoms with E-state index < -0.39 is 21.7 Å². The van der Waals surface area contributed by atoms with Gasteiger partial charge in [-0.1, -0.05) is 0 Å². The molecule has 0 heterocycles. The summed E-state index contributed by atoms with van der Waals surface area (Å²) in [6.45, 7) is 3.41. The lowest BCUT2D eigenvalue weighted by Gasteiger charge is -2.11. The predicted octanol–water partition coefficient (Wildman–Crippen LogP) is 1.37. The number of carbonyl (C=O) groups is 1. The molecule has 0 aliphatic rings. The molecule has 0 unspecified atom stereocenters. The van der Waals surface area contributed by atoms with Crippen molar-refractivity contribution in [3.8, 4) is 0 Å². The summed E-state index contributed by atoms with van der Waals surface area (Å²) < 4.78 is 36.1. The molecule has 1 rings (SSSR count). The zero-order valence-electron chi connectivity index (χ0n) is 9.70. The third-order valence-electron chi connectivity index (χ3n) is 1.99. The molecule has 18 heavy (non-hydrogen) atoms. The van der Waals surface area contributed by atoms with Crippen molar-refractivity contribution in [1.82, 2.24) is 5.32 Å². The summed E-state index contributed by atoms with van der Waals surface area (Å²) in [7, 11) is -4.03. The van der Waals surface area contributed by atoms with Gasteiger partial charge < -0.3 is 5.32 Å². The van der Waals surface area contributed by atoms with Gasteiger partial charge >= 0.3 is 0 Å². The first-order valence-electron chi connectivity index (χ1n) is 4.95. The van der Waals surface area contributed by atoms with Crippen LogP contribution in [0.15, 0.2) is 21.5 Å². The second kappa shape index (κ2) is 5.33. The molecule has 0 aliphatic heterocycles. The molecule has 0 spiro atoms. The van der Waals surface area contributed by atoms with E-state index in [4.69, 9.17) is 5.14 Å². The second-order valence-corrected chi connectivity index (χ2v) is 6.32. The summed E-state index contributed by atoms with van der Waals surface area (Å²) in [4.78, 5) is 11.3. The van der Waals surface area contributed by atoms with Gasteiger partial charge in [0.15, 0.2) is 0 Å². The van der Waals surface area contributed by atoms with Gasteiger partial charge in [-0.25, -0.2) is 17.9 Å². The fourth-order valence-electron chi connectivity index (χ4n) is 1.26. The van der Waals surface area contributed by atoms with Gasteiger partial charge in [0.1, 0.15) is 5.82 Å². The Morgan fingerprint density at radius 3 is 2.44 bits per heavy atom. The van der Waals surface area contributed by atoms with Crippen molar-refractivity contribution < 1.29 is 17.6 Å². The number of nitrogens with one attached hydrogen (secondary N) is 1. The molecule has 1 aromatic carbocycles. The summed E-state index contributed by atoms with van der Waals surface area (Å²) in [6.07, 6.45) is 0. The third kappa shape index (κ3) is 3.50. The van der Waals surface area contributed by atoms with Crippen LogP contribution in [0.5, 0.6) is 0 Å². The molecule has 100 valence electrons. The van der Waals surface area contributed by atoms with Crippen molar-refractivity contribution in [2.45, 2.75) is 24.8 Å². The number of sulfonamides is 1. The van der Waals surface area contributed by atoms with E-state index in [0.29, 0.717) is 0 Å². The van der Waals surface area contributed by atoms with Crippen LogP contribution in [0.1, 0.15) is 24.2 Å². The molecule has 0 aromatic heterocycles. The van der Waals surface area contributed by atoms with Crippen molar-refractivity contribution in [3.05, 3.63) is 28.0 Å². The molecule has 0 saturated heterocycles. The van der Waals surface area contributed by atoms with Gasteiger partial charge in [-0.2, -0.15) is 0 Å². The largest absolute Gasteiger partial charge is 0.350 e. The molecule has 0 atom stereocenters. The average molecular weight is 339 g/mol. The number of primary sulfonamides is 1. The van der Waals surface area contributed by atoms with Crippen molar-refractivity contribution in [1.29, 1.82) is 0 Å². The molecule has 5 nitrogen and oxygen atoms in total. The number of rotatable bonds is 3. The van der Waals surface area contributed by atoms with Crippen LogP contribution >= 0.6 is 15.9 Å². The number of amides is 1. The molecule has 0 saturated carbocycles. The highest BCUT2D eigenvalue weighted by Gasteiger charge is 2.20. The minimum Gasteiger partial charge on any atom is -0.350 e. The van der Waals surface area contributed by atoms with Crippen molar-refractivity contribution in [2.75, 3.05) is 0 Å². The number of nitrogens with two attached hydrogens (primary N) is 1. The highest BCUT2D eigenvalue weighted by Crippen LogP contribution is 2.24. The van der Waals surface area contributed by atoms with E-state index in [0.717, 1.165) is 12.1 Å². The maximum absolute atomic E-state index is 13.6. The Balaban J connectivity index is 3.34. The van der Waals surface area contributed by atoms with Crippen LogP contribution in [0.2, 0.25) is 0 Å². The van der Waals surface area contributed by atoms with Gasteiger partial charge in [-0.05, 0) is 41.9 Å². The molecular weight excluding hydrogens is 327 g/mol. The first kappa shape index (κ1) is 15.1. The number of halogens is 2. The summed E-state index contributed by atoms with van der Waals surface area (Å²) in [5, 5.41) is 7.43. The summed E-state index contributed by atoms with van der Waals surface area (Å²) >= 11 is 2.89. The average Bonchev–Trinajstić information content (AvgIpc) is 2.13. The quantitative estimate of drug-likeness (QED) is 0.872. The second-order valence-electron chi connectivity index (χ2n) is 3.94. The van der Waals surface area contributed by atoms with Crippen molar-refractivity contribution in [2.24, 2.45) is 5.14 Å². The standard InChI is InChI=1S/C10H12BrFN2O3S/c1-5(2)14-10(15)6-3-9(18(13,16)17)7(11)4-8(6)12/h3-5H,1-2H3,(H,14,15)(H2,13,16,17). The molecular formula is C10H12BrFN2O3S. The Bertz CT molecular complexity index is 587. The van der Waals surface area contributed by atoms with Crippen LogP contribution in [0, 0.1) is 5.82 Å². The highest BCUT2D eigenvalue weighted by atomic mass is 79.9. The molecule has 3 N–H and O–H groups in total. The van der Waals surface area contributed by atoms with Gasteiger partial charge in [0.25, 0.3) is 5.91 Å². The Kier molecular flexibility index (Phi) is 4.46. The van der Waals surface area contributed by atoms with Crippen LogP contribution in [0.3, 0.4) is 0 Å². The third-order valence-corrected chi connectivity index (χ3v) is 3.86. The van der Waals surface area contributed by atoms with Gasteiger partial charge in [0.05, 0.1) is 10.5 Å². The van der Waals surface area contributed by atoms with E-state index in [1.54, 1.807) is 13.8 Å². The zero-order chi connectivity index (χ0) is 14.1. The molecule has 8 heteroatoms. The first-order chi connectivity index (χ1) is 8.12. The molecule has 0 bridgehead atoms. The Morgan fingerprint density at radius 2 is 2.00 bits per heavy atom. The zero-order valence-corrected chi connectivity index (χ0v) is 12.1. The van der Waals surface area contributed by atoms with Gasteiger partial charge in [-0.15, -0.1) is 0 Å². The lowest BCUT2D eigenvalue weighted by molar-refractivity contribution is 0.0939. The lowest BCUT2D eigenvalue weighted by Crippen LogP contribution is -2.31.